The largest absolute Gasteiger partial charge is 0.491 e. The van der Waals surface area contributed by atoms with Crippen LogP contribution in [0.15, 0.2) is 36.4 Å². The van der Waals surface area contributed by atoms with Crippen molar-refractivity contribution in [3.05, 3.63) is 47.8 Å². The van der Waals surface area contributed by atoms with E-state index in [-0.39, 0.29) is 11.7 Å². The molecule has 2 aromatic rings. The van der Waals surface area contributed by atoms with Gasteiger partial charge in [0.05, 0.1) is 11.7 Å². The number of nitrogen functional groups attached to an aromatic ring is 1. The number of anilines is 3. The molecule has 2 rings (SSSR count). The van der Waals surface area contributed by atoms with Crippen LogP contribution < -0.4 is 15.8 Å². The lowest BCUT2D eigenvalue weighted by molar-refractivity contribution is 0.242. The molecule has 0 heterocycles. The average Bonchev–Trinajstić information content (AvgIpc) is 2.39. The highest BCUT2D eigenvalue weighted by Crippen LogP contribution is 2.26. The molecule has 0 aliphatic heterocycles. The maximum Gasteiger partial charge on any atom is 0.141 e. The van der Waals surface area contributed by atoms with Crippen molar-refractivity contribution in [2.24, 2.45) is 0 Å². The Labute approximate surface area is 123 Å². The van der Waals surface area contributed by atoms with Gasteiger partial charge in [0.25, 0.3) is 0 Å². The predicted molar refractivity (Wildman–Crippen MR) is 81.0 cm³/mol. The SMILES string of the molecule is CC(C)Oc1cc(N)cc(Nc2ccc(F)c(C#N)c2)c1. The van der Waals surface area contributed by atoms with Gasteiger partial charge in [0.1, 0.15) is 17.6 Å². The van der Waals surface area contributed by atoms with Gasteiger partial charge in [-0.1, -0.05) is 0 Å². The number of halogens is 1. The van der Waals surface area contributed by atoms with E-state index in [4.69, 9.17) is 15.7 Å². The van der Waals surface area contributed by atoms with Crippen molar-refractivity contribution in [3.8, 4) is 11.8 Å². The van der Waals surface area contributed by atoms with Crippen LogP contribution in [0.5, 0.6) is 5.75 Å². The molecular weight excluding hydrogens is 269 g/mol. The molecule has 0 amide bonds. The highest BCUT2D eigenvalue weighted by atomic mass is 19.1. The first-order valence-electron chi connectivity index (χ1n) is 6.52. The molecule has 0 aromatic heterocycles. The molecule has 108 valence electrons. The molecule has 0 spiro atoms. The Hall–Kier alpha value is -2.74. The van der Waals surface area contributed by atoms with Crippen LogP contribution in [0.4, 0.5) is 21.5 Å². The smallest absolute Gasteiger partial charge is 0.141 e. The monoisotopic (exact) mass is 285 g/mol. The first-order chi connectivity index (χ1) is 9.97. The molecule has 0 unspecified atom stereocenters. The van der Waals surface area contributed by atoms with Gasteiger partial charge in [0, 0.05) is 29.2 Å². The Bertz CT molecular complexity index is 692. The molecule has 3 N–H and O–H groups in total. The Kier molecular flexibility index (Phi) is 4.29. The molecule has 0 saturated carbocycles. The lowest BCUT2D eigenvalue weighted by atomic mass is 10.2. The Morgan fingerprint density at radius 1 is 1.19 bits per heavy atom. The van der Waals surface area contributed by atoms with Crippen LogP contribution >= 0.6 is 0 Å². The fourth-order valence-electron chi connectivity index (χ4n) is 1.89. The Morgan fingerprint density at radius 2 is 1.95 bits per heavy atom. The van der Waals surface area contributed by atoms with Crippen LogP contribution in [0.3, 0.4) is 0 Å². The lowest BCUT2D eigenvalue weighted by Gasteiger charge is -2.13. The van der Waals surface area contributed by atoms with E-state index in [1.54, 1.807) is 30.3 Å². The molecule has 2 aromatic carbocycles. The normalized spacial score (nSPS) is 10.2. The van der Waals surface area contributed by atoms with E-state index in [2.05, 4.69) is 5.32 Å². The van der Waals surface area contributed by atoms with Gasteiger partial charge in [-0.05, 0) is 38.1 Å². The number of hydrogen-bond acceptors (Lipinski definition) is 4. The van der Waals surface area contributed by atoms with Crippen LogP contribution in [0, 0.1) is 17.1 Å². The molecule has 0 aliphatic rings. The van der Waals surface area contributed by atoms with E-state index in [1.165, 1.54) is 12.1 Å². The molecule has 0 bridgehead atoms. The molecular formula is C16H16FN3O. The minimum Gasteiger partial charge on any atom is -0.491 e. The third kappa shape index (κ3) is 3.86. The quantitative estimate of drug-likeness (QED) is 0.838. The van der Waals surface area contributed by atoms with E-state index in [9.17, 15) is 4.39 Å². The standard InChI is InChI=1S/C16H16FN3O/c1-10(2)21-15-7-12(19)6-14(8-15)20-13-3-4-16(17)11(5-13)9-18/h3-8,10,20H,19H2,1-2H3. The Balaban J connectivity index is 2.27. The second-order valence-electron chi connectivity index (χ2n) is 4.89. The molecule has 0 saturated heterocycles. The zero-order valence-corrected chi connectivity index (χ0v) is 11.9. The summed E-state index contributed by atoms with van der Waals surface area (Å²) in [5.74, 6) is 0.106. The molecule has 0 aliphatic carbocycles. The fraction of sp³-hybridized carbons (Fsp3) is 0.188. The van der Waals surface area contributed by atoms with Gasteiger partial charge in [-0.2, -0.15) is 5.26 Å². The summed E-state index contributed by atoms with van der Waals surface area (Å²) >= 11 is 0. The summed E-state index contributed by atoms with van der Waals surface area (Å²) in [6.45, 7) is 3.85. The molecule has 0 atom stereocenters. The van der Waals surface area contributed by atoms with E-state index in [0.29, 0.717) is 22.8 Å². The van der Waals surface area contributed by atoms with Gasteiger partial charge in [0.2, 0.25) is 0 Å². The van der Waals surface area contributed by atoms with Gasteiger partial charge < -0.3 is 15.8 Å². The van der Waals surface area contributed by atoms with Gasteiger partial charge in [-0.25, -0.2) is 4.39 Å². The topological polar surface area (TPSA) is 71.1 Å². The second-order valence-corrected chi connectivity index (χ2v) is 4.89. The number of nitrogens with two attached hydrogens (primary N) is 1. The van der Waals surface area contributed by atoms with Gasteiger partial charge in [-0.3, -0.25) is 0 Å². The summed E-state index contributed by atoms with van der Waals surface area (Å²) in [5.41, 5.74) is 7.69. The summed E-state index contributed by atoms with van der Waals surface area (Å²) in [7, 11) is 0. The first kappa shape index (κ1) is 14.7. The van der Waals surface area contributed by atoms with E-state index in [0.717, 1.165) is 0 Å². The van der Waals surface area contributed by atoms with Crippen molar-refractivity contribution in [2.75, 3.05) is 11.1 Å². The second kappa shape index (κ2) is 6.14. The Morgan fingerprint density at radius 3 is 2.62 bits per heavy atom. The fourth-order valence-corrected chi connectivity index (χ4v) is 1.89. The van der Waals surface area contributed by atoms with Crippen molar-refractivity contribution in [1.82, 2.24) is 0 Å². The number of rotatable bonds is 4. The van der Waals surface area contributed by atoms with Gasteiger partial charge >= 0.3 is 0 Å². The van der Waals surface area contributed by atoms with Crippen LogP contribution in [-0.2, 0) is 0 Å². The van der Waals surface area contributed by atoms with Crippen LogP contribution in [0.25, 0.3) is 0 Å². The first-order valence-corrected chi connectivity index (χ1v) is 6.52. The van der Waals surface area contributed by atoms with Crippen LogP contribution in [0.2, 0.25) is 0 Å². The lowest BCUT2D eigenvalue weighted by Crippen LogP contribution is -2.06. The minimum atomic E-state index is -0.542. The molecule has 4 nitrogen and oxygen atoms in total. The predicted octanol–water partition coefficient (Wildman–Crippen LogP) is 3.81. The maximum absolute atomic E-state index is 13.3. The summed E-state index contributed by atoms with van der Waals surface area (Å²) in [6, 6.07) is 11.3. The number of ether oxygens (including phenoxy) is 1. The number of nitrogens with one attached hydrogen (secondary N) is 1. The highest BCUT2D eigenvalue weighted by Gasteiger charge is 2.05. The van der Waals surface area contributed by atoms with E-state index in [1.807, 2.05) is 13.8 Å². The van der Waals surface area contributed by atoms with Gasteiger partial charge in [-0.15, -0.1) is 0 Å². The molecule has 5 heteroatoms. The number of benzene rings is 2. The number of nitriles is 1. The number of nitrogens with zero attached hydrogens (tertiary/aromatic N) is 1. The highest BCUT2D eigenvalue weighted by molar-refractivity contribution is 5.67. The molecule has 21 heavy (non-hydrogen) atoms. The molecule has 0 fully saturated rings. The third-order valence-corrected chi connectivity index (χ3v) is 2.68. The zero-order valence-electron chi connectivity index (χ0n) is 11.9. The van der Waals surface area contributed by atoms with Crippen molar-refractivity contribution in [1.29, 1.82) is 5.26 Å². The number of hydrogen-bond donors (Lipinski definition) is 2. The van der Waals surface area contributed by atoms with Crippen molar-refractivity contribution >= 4 is 17.1 Å². The summed E-state index contributed by atoms with van der Waals surface area (Å²) in [5, 5.41) is 11.9. The third-order valence-electron chi connectivity index (χ3n) is 2.68. The van der Waals surface area contributed by atoms with E-state index >= 15 is 0 Å². The van der Waals surface area contributed by atoms with Gasteiger partial charge in [0.15, 0.2) is 0 Å². The van der Waals surface area contributed by atoms with Crippen LogP contribution in [0.1, 0.15) is 19.4 Å². The van der Waals surface area contributed by atoms with Crippen molar-refractivity contribution < 1.29 is 9.13 Å². The average molecular weight is 285 g/mol. The zero-order chi connectivity index (χ0) is 15.4. The minimum absolute atomic E-state index is 0.0115. The van der Waals surface area contributed by atoms with E-state index < -0.39 is 5.82 Å². The summed E-state index contributed by atoms with van der Waals surface area (Å²) in [6.07, 6.45) is 0.0377. The molecule has 0 radical (unpaired) electrons. The van der Waals surface area contributed by atoms with Crippen LogP contribution in [-0.4, -0.2) is 6.10 Å². The summed E-state index contributed by atoms with van der Waals surface area (Å²) < 4.78 is 18.9. The van der Waals surface area contributed by atoms with Crippen molar-refractivity contribution in [2.45, 2.75) is 20.0 Å². The maximum atomic E-state index is 13.3. The summed E-state index contributed by atoms with van der Waals surface area (Å²) in [4.78, 5) is 0. The van der Waals surface area contributed by atoms with Crippen molar-refractivity contribution in [3.63, 3.8) is 0 Å².